The van der Waals surface area contributed by atoms with Crippen molar-refractivity contribution in [3.8, 4) is 5.75 Å². The average molecular weight is 481 g/mol. The summed E-state index contributed by atoms with van der Waals surface area (Å²) in [7, 11) is -2.46. The first-order valence-electron chi connectivity index (χ1n) is 10.9. The van der Waals surface area contributed by atoms with Crippen LogP contribution in [0.15, 0.2) is 35.2 Å². The standard InChI is InChI=1S/C21H29FN6O4S/c1-32-19-3-2-17(16-18(19)22)33(30,31)28-12-10-27(11-13-28)21-5-4-20(23-24-21)26-8-6-25(7-9-26)14-15-29/h2-5,16,29H,6-15H2,1H3. The van der Waals surface area contributed by atoms with Gasteiger partial charge in [-0.2, -0.15) is 4.31 Å². The Balaban J connectivity index is 1.34. The van der Waals surface area contributed by atoms with Crippen LogP contribution in [0.5, 0.6) is 5.75 Å². The third-order valence-electron chi connectivity index (χ3n) is 6.07. The Morgan fingerprint density at radius 1 is 0.939 bits per heavy atom. The van der Waals surface area contributed by atoms with E-state index in [-0.39, 0.29) is 30.3 Å². The lowest BCUT2D eigenvalue weighted by atomic mass is 10.3. The summed E-state index contributed by atoms with van der Waals surface area (Å²) in [6.07, 6.45) is 0. The lowest BCUT2D eigenvalue weighted by molar-refractivity contribution is 0.188. The average Bonchev–Trinajstić information content (AvgIpc) is 2.85. The molecule has 1 aromatic heterocycles. The van der Waals surface area contributed by atoms with Gasteiger partial charge in [0, 0.05) is 58.9 Å². The molecule has 2 saturated heterocycles. The molecular weight excluding hydrogens is 451 g/mol. The van der Waals surface area contributed by atoms with Crippen LogP contribution in [0.2, 0.25) is 0 Å². The Morgan fingerprint density at radius 2 is 1.52 bits per heavy atom. The lowest BCUT2D eigenvalue weighted by Crippen LogP contribution is -2.49. The molecule has 2 fully saturated rings. The minimum absolute atomic E-state index is 0.00725. The molecule has 2 aromatic rings. The summed E-state index contributed by atoms with van der Waals surface area (Å²) in [5, 5.41) is 17.8. The highest BCUT2D eigenvalue weighted by Gasteiger charge is 2.30. The Kier molecular flexibility index (Phi) is 7.27. The summed E-state index contributed by atoms with van der Waals surface area (Å²) in [5.74, 6) is 0.811. The molecule has 1 aromatic carbocycles. The molecule has 0 unspecified atom stereocenters. The van der Waals surface area contributed by atoms with Crippen LogP contribution in [-0.2, 0) is 10.0 Å². The van der Waals surface area contributed by atoms with Crippen LogP contribution in [0.4, 0.5) is 16.0 Å². The Morgan fingerprint density at radius 3 is 2.00 bits per heavy atom. The van der Waals surface area contributed by atoms with Gasteiger partial charge < -0.3 is 19.6 Å². The van der Waals surface area contributed by atoms with Crippen molar-refractivity contribution in [2.75, 3.05) is 82.4 Å². The van der Waals surface area contributed by atoms with E-state index in [1.165, 1.54) is 23.5 Å². The van der Waals surface area contributed by atoms with Gasteiger partial charge >= 0.3 is 0 Å². The molecule has 0 amide bonds. The molecule has 0 spiro atoms. The van der Waals surface area contributed by atoms with E-state index in [0.717, 1.165) is 38.1 Å². The maximum Gasteiger partial charge on any atom is 0.243 e. The van der Waals surface area contributed by atoms with Crippen molar-refractivity contribution in [2.45, 2.75) is 4.90 Å². The topological polar surface area (TPSA) is 102 Å². The van der Waals surface area contributed by atoms with E-state index in [1.54, 1.807) is 0 Å². The van der Waals surface area contributed by atoms with E-state index in [4.69, 9.17) is 9.84 Å². The summed E-state index contributed by atoms with van der Waals surface area (Å²) < 4.78 is 46.1. The van der Waals surface area contributed by atoms with E-state index in [2.05, 4.69) is 20.0 Å². The molecule has 0 atom stereocenters. The van der Waals surface area contributed by atoms with E-state index >= 15 is 0 Å². The maximum absolute atomic E-state index is 14.0. The van der Waals surface area contributed by atoms with Gasteiger partial charge in [-0.1, -0.05) is 0 Å². The molecule has 4 rings (SSSR count). The smallest absolute Gasteiger partial charge is 0.243 e. The van der Waals surface area contributed by atoms with Crippen LogP contribution < -0.4 is 14.5 Å². The van der Waals surface area contributed by atoms with Crippen LogP contribution in [-0.4, -0.2) is 106 Å². The van der Waals surface area contributed by atoms with Crippen molar-refractivity contribution in [1.29, 1.82) is 0 Å². The number of rotatable bonds is 7. The van der Waals surface area contributed by atoms with Crippen LogP contribution in [0, 0.1) is 5.82 Å². The normalized spacial score (nSPS) is 18.5. The number of piperazine rings is 2. The van der Waals surface area contributed by atoms with Gasteiger partial charge in [-0.15, -0.1) is 10.2 Å². The molecule has 1 N–H and O–H groups in total. The minimum atomic E-state index is -3.80. The SMILES string of the molecule is COc1ccc(S(=O)(=O)N2CCN(c3ccc(N4CCN(CCO)CC4)nn3)CC2)cc1F. The second kappa shape index (κ2) is 10.2. The Labute approximate surface area is 193 Å². The quantitative estimate of drug-likeness (QED) is 0.597. The highest BCUT2D eigenvalue weighted by molar-refractivity contribution is 7.89. The van der Waals surface area contributed by atoms with Gasteiger partial charge in [0.25, 0.3) is 0 Å². The van der Waals surface area contributed by atoms with Gasteiger partial charge in [0.2, 0.25) is 10.0 Å². The number of nitrogens with zero attached hydrogens (tertiary/aromatic N) is 6. The number of hydrogen-bond donors (Lipinski definition) is 1. The number of ether oxygens (including phenoxy) is 1. The fraction of sp³-hybridized carbons (Fsp3) is 0.524. The van der Waals surface area contributed by atoms with E-state index in [1.807, 2.05) is 17.0 Å². The van der Waals surface area contributed by atoms with E-state index in [0.29, 0.717) is 25.5 Å². The third kappa shape index (κ3) is 5.18. The van der Waals surface area contributed by atoms with Crippen molar-refractivity contribution in [1.82, 2.24) is 19.4 Å². The number of aliphatic hydroxyl groups is 1. The molecule has 0 saturated carbocycles. The van der Waals surface area contributed by atoms with Crippen molar-refractivity contribution < 1.29 is 22.7 Å². The molecule has 0 aliphatic carbocycles. The fourth-order valence-electron chi connectivity index (χ4n) is 4.11. The first kappa shape index (κ1) is 23.6. The van der Waals surface area contributed by atoms with Gasteiger partial charge in [-0.05, 0) is 30.3 Å². The monoisotopic (exact) mass is 480 g/mol. The van der Waals surface area contributed by atoms with Gasteiger partial charge in [0.05, 0.1) is 18.6 Å². The number of β-amino-alcohol motifs (C(OH)–C–C–N with tert-alkyl or cyclic N) is 1. The van der Waals surface area contributed by atoms with Gasteiger partial charge in [-0.25, -0.2) is 12.8 Å². The van der Waals surface area contributed by atoms with Crippen LogP contribution in [0.3, 0.4) is 0 Å². The first-order valence-corrected chi connectivity index (χ1v) is 12.4. The molecule has 10 nitrogen and oxygen atoms in total. The summed E-state index contributed by atoms with van der Waals surface area (Å²) in [4.78, 5) is 6.30. The molecule has 0 bridgehead atoms. The zero-order chi connectivity index (χ0) is 23.4. The Bertz CT molecular complexity index is 1040. The number of benzene rings is 1. The second-order valence-electron chi connectivity index (χ2n) is 7.99. The highest BCUT2D eigenvalue weighted by atomic mass is 32.2. The third-order valence-corrected chi connectivity index (χ3v) is 7.97. The largest absolute Gasteiger partial charge is 0.494 e. The van der Waals surface area contributed by atoms with Crippen molar-refractivity contribution in [3.63, 3.8) is 0 Å². The van der Waals surface area contributed by atoms with Gasteiger partial charge in [0.15, 0.2) is 23.2 Å². The molecule has 2 aliphatic heterocycles. The molecule has 12 heteroatoms. The van der Waals surface area contributed by atoms with Crippen LogP contribution in [0.25, 0.3) is 0 Å². The predicted molar refractivity (Wildman–Crippen MR) is 122 cm³/mol. The number of anilines is 2. The highest BCUT2D eigenvalue weighted by Crippen LogP contribution is 2.25. The molecule has 33 heavy (non-hydrogen) atoms. The second-order valence-corrected chi connectivity index (χ2v) is 9.93. The number of methoxy groups -OCH3 is 1. The number of aromatic nitrogens is 2. The minimum Gasteiger partial charge on any atom is -0.494 e. The van der Waals surface area contributed by atoms with E-state index < -0.39 is 15.8 Å². The number of hydrogen-bond acceptors (Lipinski definition) is 9. The zero-order valence-electron chi connectivity index (χ0n) is 18.6. The molecule has 0 radical (unpaired) electrons. The fourth-order valence-corrected chi connectivity index (χ4v) is 5.55. The number of halogens is 1. The number of aliphatic hydroxyl groups excluding tert-OH is 1. The Hall–Kier alpha value is -2.54. The zero-order valence-corrected chi connectivity index (χ0v) is 19.4. The molecule has 180 valence electrons. The summed E-state index contributed by atoms with van der Waals surface area (Å²) >= 11 is 0. The van der Waals surface area contributed by atoms with Crippen LogP contribution >= 0.6 is 0 Å². The van der Waals surface area contributed by atoms with Crippen molar-refractivity contribution in [2.24, 2.45) is 0 Å². The maximum atomic E-state index is 14.0. The van der Waals surface area contributed by atoms with Crippen LogP contribution in [0.1, 0.15) is 0 Å². The summed E-state index contributed by atoms with van der Waals surface area (Å²) in [5.41, 5.74) is 0. The molecular formula is C21H29FN6O4S. The number of sulfonamides is 1. The molecule has 3 heterocycles. The summed E-state index contributed by atoms with van der Waals surface area (Å²) in [6, 6.07) is 7.52. The molecule has 2 aliphatic rings. The van der Waals surface area contributed by atoms with Gasteiger partial charge in [0.1, 0.15) is 0 Å². The van der Waals surface area contributed by atoms with Gasteiger partial charge in [-0.3, -0.25) is 4.90 Å². The van der Waals surface area contributed by atoms with Crippen molar-refractivity contribution >= 4 is 21.7 Å². The van der Waals surface area contributed by atoms with Crippen molar-refractivity contribution in [3.05, 3.63) is 36.1 Å². The van der Waals surface area contributed by atoms with E-state index in [9.17, 15) is 12.8 Å². The first-order chi connectivity index (χ1) is 15.9. The lowest BCUT2D eigenvalue weighted by Gasteiger charge is -2.36. The predicted octanol–water partition coefficient (Wildman–Crippen LogP) is 0.250. The summed E-state index contributed by atoms with van der Waals surface area (Å²) in [6.45, 7) is 5.73.